The number of nitrogens with zero attached hydrogens (tertiary/aromatic N) is 1. The molecule has 0 unspecified atom stereocenters. The van der Waals surface area contributed by atoms with Gasteiger partial charge in [-0.15, -0.1) is 0 Å². The van der Waals surface area contributed by atoms with Gasteiger partial charge in [0.1, 0.15) is 17.5 Å². The Bertz CT molecular complexity index is 1380. The van der Waals surface area contributed by atoms with Gasteiger partial charge in [-0.3, -0.25) is 14.4 Å². The monoisotopic (exact) mass is 561 g/mol. The number of aliphatic hydroxyl groups is 2. The molecule has 0 radical (unpaired) electrons. The number of β-amino-alcohol motifs (C(OH)–C–C–N with tert-alkyl or cyclic N) is 1. The highest BCUT2D eigenvalue weighted by Gasteiger charge is 2.42. The Morgan fingerprint density at radius 3 is 2.46 bits per heavy atom. The largest absolute Gasteiger partial charge is 0.508 e. The molecule has 1 heterocycles. The minimum atomic E-state index is -1.71. The zero-order chi connectivity index (χ0) is 29.5. The number of benzene rings is 3. The number of carbonyl (C=O) groups excluding carboxylic acids is 3. The summed E-state index contributed by atoms with van der Waals surface area (Å²) in [5, 5.41) is 37.2. The van der Waals surface area contributed by atoms with Crippen molar-refractivity contribution in [3.8, 4) is 11.5 Å². The third-order valence-electron chi connectivity index (χ3n) is 7.26. The summed E-state index contributed by atoms with van der Waals surface area (Å²) in [5.41, 5.74) is 2.13. The summed E-state index contributed by atoms with van der Waals surface area (Å²) in [6, 6.07) is 18.7. The molecule has 0 bridgehead atoms. The van der Waals surface area contributed by atoms with Crippen molar-refractivity contribution in [1.29, 1.82) is 0 Å². The Hall–Kier alpha value is -4.41. The second kappa shape index (κ2) is 13.3. The number of phenolic OH excluding ortho intramolecular Hbond substituents is 1. The van der Waals surface area contributed by atoms with Crippen molar-refractivity contribution in [1.82, 2.24) is 15.5 Å². The lowest BCUT2D eigenvalue weighted by Crippen LogP contribution is -2.55. The van der Waals surface area contributed by atoms with Crippen LogP contribution in [0.3, 0.4) is 0 Å². The van der Waals surface area contributed by atoms with Crippen LogP contribution in [-0.4, -0.2) is 75.9 Å². The van der Waals surface area contributed by atoms with Gasteiger partial charge in [0.05, 0.1) is 19.3 Å². The summed E-state index contributed by atoms with van der Waals surface area (Å²) in [6.07, 6.45) is -2.52. The average molecular weight is 562 g/mol. The molecule has 216 valence electrons. The summed E-state index contributed by atoms with van der Waals surface area (Å²) >= 11 is 0. The van der Waals surface area contributed by atoms with Crippen molar-refractivity contribution >= 4 is 17.7 Å². The first kappa shape index (κ1) is 29.6. The van der Waals surface area contributed by atoms with E-state index in [1.165, 1.54) is 23.1 Å². The van der Waals surface area contributed by atoms with Crippen LogP contribution >= 0.6 is 0 Å². The third kappa shape index (κ3) is 7.22. The Morgan fingerprint density at radius 1 is 1.02 bits per heavy atom. The van der Waals surface area contributed by atoms with E-state index < -0.39 is 42.0 Å². The number of nitrogens with one attached hydrogen (secondary N) is 2. The number of ether oxygens (including phenoxy) is 1. The summed E-state index contributed by atoms with van der Waals surface area (Å²) < 4.78 is 5.21. The minimum Gasteiger partial charge on any atom is -0.508 e. The molecule has 4 atom stereocenters. The summed E-state index contributed by atoms with van der Waals surface area (Å²) in [7, 11) is 1.55. The number of aliphatic hydroxyl groups excluding tert-OH is 2. The van der Waals surface area contributed by atoms with Gasteiger partial charge >= 0.3 is 0 Å². The van der Waals surface area contributed by atoms with Crippen LogP contribution in [0.1, 0.15) is 33.5 Å². The Kier molecular flexibility index (Phi) is 9.59. The Labute approximate surface area is 238 Å². The van der Waals surface area contributed by atoms with Crippen molar-refractivity contribution in [2.45, 2.75) is 50.6 Å². The van der Waals surface area contributed by atoms with Crippen LogP contribution in [-0.2, 0) is 22.6 Å². The third-order valence-corrected chi connectivity index (χ3v) is 7.26. The molecule has 41 heavy (non-hydrogen) atoms. The van der Waals surface area contributed by atoms with Crippen molar-refractivity contribution < 1.29 is 34.4 Å². The van der Waals surface area contributed by atoms with E-state index in [4.69, 9.17) is 4.74 Å². The maximum absolute atomic E-state index is 13.6. The minimum absolute atomic E-state index is 0.0145. The molecule has 0 spiro atoms. The van der Waals surface area contributed by atoms with E-state index in [0.29, 0.717) is 11.3 Å². The lowest BCUT2D eigenvalue weighted by molar-refractivity contribution is -0.146. The quantitative estimate of drug-likeness (QED) is 0.253. The van der Waals surface area contributed by atoms with Gasteiger partial charge in [-0.1, -0.05) is 48.5 Å². The number of phenols is 1. The van der Waals surface area contributed by atoms with Crippen LogP contribution in [0.4, 0.5) is 0 Å². The van der Waals surface area contributed by atoms with Crippen molar-refractivity contribution in [2.75, 3.05) is 13.7 Å². The highest BCUT2D eigenvalue weighted by molar-refractivity contribution is 5.97. The summed E-state index contributed by atoms with van der Waals surface area (Å²) in [6.45, 7) is 1.65. The second-order valence-corrected chi connectivity index (χ2v) is 10.1. The van der Waals surface area contributed by atoms with Gasteiger partial charge in [-0.05, 0) is 48.7 Å². The van der Waals surface area contributed by atoms with Crippen molar-refractivity contribution in [3.05, 3.63) is 95.1 Å². The fourth-order valence-corrected chi connectivity index (χ4v) is 4.96. The zero-order valence-corrected chi connectivity index (χ0v) is 23.0. The van der Waals surface area contributed by atoms with Crippen LogP contribution in [0.2, 0.25) is 0 Å². The van der Waals surface area contributed by atoms with Crippen molar-refractivity contribution in [3.63, 3.8) is 0 Å². The van der Waals surface area contributed by atoms with Gasteiger partial charge in [-0.2, -0.15) is 0 Å². The number of hydrogen-bond acceptors (Lipinski definition) is 7. The first-order chi connectivity index (χ1) is 19.7. The van der Waals surface area contributed by atoms with Gasteiger partial charge in [0.25, 0.3) is 11.8 Å². The number of amides is 3. The molecule has 4 rings (SSSR count). The average Bonchev–Trinajstić information content (AvgIpc) is 3.38. The molecule has 10 nitrogen and oxygen atoms in total. The molecule has 3 aromatic carbocycles. The highest BCUT2D eigenvalue weighted by Crippen LogP contribution is 2.23. The molecule has 0 aromatic heterocycles. The van der Waals surface area contributed by atoms with E-state index in [0.717, 1.165) is 11.1 Å². The highest BCUT2D eigenvalue weighted by atomic mass is 16.5. The fraction of sp³-hybridized carbons (Fsp3) is 0.323. The molecule has 1 saturated heterocycles. The molecule has 1 aliphatic heterocycles. The fourth-order valence-electron chi connectivity index (χ4n) is 4.96. The van der Waals surface area contributed by atoms with E-state index in [9.17, 15) is 29.7 Å². The molecule has 0 saturated carbocycles. The summed E-state index contributed by atoms with van der Waals surface area (Å²) in [5.74, 6) is -1.23. The molecular formula is C31H35N3O7. The predicted octanol–water partition coefficient (Wildman–Crippen LogP) is 1.69. The Balaban J connectivity index is 1.51. The second-order valence-electron chi connectivity index (χ2n) is 10.1. The maximum Gasteiger partial charge on any atom is 0.254 e. The normalized spacial score (nSPS) is 17.9. The lowest BCUT2D eigenvalue weighted by Gasteiger charge is -2.30. The van der Waals surface area contributed by atoms with Gasteiger partial charge < -0.3 is 35.6 Å². The first-order valence-corrected chi connectivity index (χ1v) is 13.4. The number of methoxy groups -OCH3 is 1. The first-order valence-electron chi connectivity index (χ1n) is 13.4. The number of rotatable bonds is 10. The number of hydrogen-bond donors (Lipinski definition) is 5. The van der Waals surface area contributed by atoms with Gasteiger partial charge in [0, 0.05) is 30.6 Å². The van der Waals surface area contributed by atoms with Crippen LogP contribution in [0.5, 0.6) is 11.5 Å². The topological polar surface area (TPSA) is 148 Å². The number of carbonyl (C=O) groups is 3. The van der Waals surface area contributed by atoms with E-state index >= 15 is 0 Å². The maximum atomic E-state index is 13.6. The predicted molar refractivity (Wildman–Crippen MR) is 151 cm³/mol. The molecule has 3 aromatic rings. The van der Waals surface area contributed by atoms with Crippen LogP contribution in [0, 0.1) is 6.92 Å². The zero-order valence-electron chi connectivity index (χ0n) is 23.0. The van der Waals surface area contributed by atoms with Crippen LogP contribution < -0.4 is 15.4 Å². The standard InChI is InChI=1S/C31H35N3O7/c1-19-24(12-7-13-27(19)36)29(38)33-25(15-20-8-4-3-5-9-20)28(37)31(40)34-18-22(35)16-26(34)30(39)32-17-21-10-6-11-23(14-21)41-2/h3-14,22,25-26,28,35-37H,15-18H2,1-2H3,(H,32,39)(H,33,38)/t22-,25+,26+,28+/m1/s1. The lowest BCUT2D eigenvalue weighted by atomic mass is 9.98. The number of likely N-dealkylation sites (tertiary alicyclic amines) is 1. The molecule has 1 aliphatic rings. The van der Waals surface area contributed by atoms with E-state index in [1.54, 1.807) is 44.4 Å². The summed E-state index contributed by atoms with van der Waals surface area (Å²) in [4.78, 5) is 41.1. The van der Waals surface area contributed by atoms with Crippen LogP contribution in [0.25, 0.3) is 0 Å². The van der Waals surface area contributed by atoms with E-state index in [2.05, 4.69) is 10.6 Å². The SMILES string of the molecule is COc1cccc(CNC(=O)[C@@H]2C[C@@H](O)CN2C(=O)[C@@H](O)[C@H](Cc2ccccc2)NC(=O)c2cccc(O)c2C)c1. The molecule has 0 aliphatic carbocycles. The van der Waals surface area contributed by atoms with Crippen LogP contribution in [0.15, 0.2) is 72.8 Å². The van der Waals surface area contributed by atoms with Gasteiger partial charge in [-0.25, -0.2) is 0 Å². The molecular weight excluding hydrogens is 526 g/mol. The van der Waals surface area contributed by atoms with Crippen molar-refractivity contribution in [2.24, 2.45) is 0 Å². The molecule has 5 N–H and O–H groups in total. The molecule has 3 amide bonds. The smallest absolute Gasteiger partial charge is 0.254 e. The number of aromatic hydroxyl groups is 1. The molecule has 10 heteroatoms. The van der Waals surface area contributed by atoms with Gasteiger partial charge in [0.15, 0.2) is 6.10 Å². The van der Waals surface area contributed by atoms with Gasteiger partial charge in [0.2, 0.25) is 5.91 Å². The van der Waals surface area contributed by atoms with E-state index in [1.807, 2.05) is 24.3 Å². The molecule has 1 fully saturated rings. The Morgan fingerprint density at radius 2 is 1.73 bits per heavy atom. The van der Waals surface area contributed by atoms with E-state index in [-0.39, 0.29) is 37.2 Å².